The average Bonchev–Trinajstić information content (AvgIpc) is 2.76. The highest BCUT2D eigenvalue weighted by Crippen LogP contribution is 2.30. The van der Waals surface area contributed by atoms with Crippen LogP contribution in [0.4, 0.5) is 5.82 Å². The van der Waals surface area contributed by atoms with E-state index < -0.39 is 5.60 Å². The molecule has 1 aliphatic carbocycles. The third-order valence-corrected chi connectivity index (χ3v) is 3.37. The number of ether oxygens (including phenoxy) is 1. The Morgan fingerprint density at radius 3 is 2.76 bits per heavy atom. The van der Waals surface area contributed by atoms with Crippen LogP contribution in [0.15, 0.2) is 18.2 Å². The minimum absolute atomic E-state index is 0.542. The van der Waals surface area contributed by atoms with Crippen LogP contribution < -0.4 is 9.64 Å². The average molecular weight is 236 g/mol. The molecule has 1 fully saturated rings. The van der Waals surface area contributed by atoms with Gasteiger partial charge >= 0.3 is 0 Å². The topological polar surface area (TPSA) is 45.6 Å². The van der Waals surface area contributed by atoms with Crippen LogP contribution in [0.25, 0.3) is 0 Å². The summed E-state index contributed by atoms with van der Waals surface area (Å²) in [6.45, 7) is 0.632. The lowest BCUT2D eigenvalue weighted by molar-refractivity contribution is 0.0557. The lowest BCUT2D eigenvalue weighted by Crippen LogP contribution is -2.39. The van der Waals surface area contributed by atoms with Gasteiger partial charge in [0.25, 0.3) is 0 Å². The SMILES string of the molecule is COc1cccc(N(C)CC2(O)CCCC2)n1. The smallest absolute Gasteiger partial charge is 0.214 e. The largest absolute Gasteiger partial charge is 0.481 e. The summed E-state index contributed by atoms with van der Waals surface area (Å²) in [4.78, 5) is 6.35. The van der Waals surface area contributed by atoms with Gasteiger partial charge in [0.15, 0.2) is 0 Å². The first kappa shape index (κ1) is 12.2. The van der Waals surface area contributed by atoms with Crippen LogP contribution in [-0.4, -0.2) is 36.4 Å². The number of hydrogen-bond acceptors (Lipinski definition) is 4. The fourth-order valence-electron chi connectivity index (χ4n) is 2.44. The number of aliphatic hydroxyl groups is 1. The quantitative estimate of drug-likeness (QED) is 0.866. The van der Waals surface area contributed by atoms with Crippen LogP contribution in [0.3, 0.4) is 0 Å². The van der Waals surface area contributed by atoms with Crippen molar-refractivity contribution < 1.29 is 9.84 Å². The molecule has 0 atom stereocenters. The van der Waals surface area contributed by atoms with Gasteiger partial charge in [0.05, 0.1) is 12.7 Å². The fraction of sp³-hybridized carbons (Fsp3) is 0.615. The van der Waals surface area contributed by atoms with Crippen LogP contribution in [0.5, 0.6) is 5.88 Å². The number of methoxy groups -OCH3 is 1. The molecule has 1 aromatic heterocycles. The second-order valence-electron chi connectivity index (χ2n) is 4.83. The Morgan fingerprint density at radius 2 is 2.12 bits per heavy atom. The lowest BCUT2D eigenvalue weighted by atomic mass is 10.0. The van der Waals surface area contributed by atoms with E-state index in [2.05, 4.69) is 4.98 Å². The molecule has 1 heterocycles. The zero-order valence-corrected chi connectivity index (χ0v) is 10.5. The van der Waals surface area contributed by atoms with Gasteiger partial charge in [-0.05, 0) is 18.9 Å². The van der Waals surface area contributed by atoms with Crippen molar-refractivity contribution in [3.63, 3.8) is 0 Å². The van der Waals surface area contributed by atoms with E-state index in [1.807, 2.05) is 30.1 Å². The van der Waals surface area contributed by atoms with Crippen molar-refractivity contribution in [2.45, 2.75) is 31.3 Å². The zero-order valence-electron chi connectivity index (χ0n) is 10.5. The lowest BCUT2D eigenvalue weighted by Gasteiger charge is -2.29. The van der Waals surface area contributed by atoms with Gasteiger partial charge in [-0.3, -0.25) is 0 Å². The number of pyridine rings is 1. The van der Waals surface area contributed by atoms with E-state index in [4.69, 9.17) is 4.74 Å². The second-order valence-corrected chi connectivity index (χ2v) is 4.83. The Hall–Kier alpha value is -1.29. The number of hydrogen-bond donors (Lipinski definition) is 1. The molecule has 17 heavy (non-hydrogen) atoms. The summed E-state index contributed by atoms with van der Waals surface area (Å²) in [5.41, 5.74) is -0.542. The Kier molecular flexibility index (Phi) is 3.52. The normalized spacial score (nSPS) is 18.1. The first-order valence-corrected chi connectivity index (χ1v) is 6.07. The highest BCUT2D eigenvalue weighted by molar-refractivity contribution is 5.40. The highest BCUT2D eigenvalue weighted by atomic mass is 16.5. The summed E-state index contributed by atoms with van der Waals surface area (Å²) >= 11 is 0. The summed E-state index contributed by atoms with van der Waals surface area (Å²) in [5, 5.41) is 10.3. The van der Waals surface area contributed by atoms with Crippen LogP contribution in [0, 0.1) is 0 Å². The number of aromatic nitrogens is 1. The summed E-state index contributed by atoms with van der Waals surface area (Å²) in [6, 6.07) is 5.67. The summed E-state index contributed by atoms with van der Waals surface area (Å²) < 4.78 is 5.10. The van der Waals surface area contributed by atoms with Gasteiger partial charge in [-0.15, -0.1) is 0 Å². The third-order valence-electron chi connectivity index (χ3n) is 3.37. The monoisotopic (exact) mass is 236 g/mol. The van der Waals surface area contributed by atoms with Crippen molar-refractivity contribution in [1.29, 1.82) is 0 Å². The molecular weight excluding hydrogens is 216 g/mol. The maximum atomic E-state index is 10.3. The third kappa shape index (κ3) is 2.88. The molecular formula is C13H20N2O2. The predicted octanol–water partition coefficient (Wildman–Crippen LogP) is 1.83. The maximum absolute atomic E-state index is 10.3. The molecule has 0 amide bonds. The second kappa shape index (κ2) is 4.92. The van der Waals surface area contributed by atoms with Crippen molar-refractivity contribution in [3.05, 3.63) is 18.2 Å². The van der Waals surface area contributed by atoms with E-state index in [0.717, 1.165) is 31.5 Å². The molecule has 4 heteroatoms. The van der Waals surface area contributed by atoms with E-state index in [1.165, 1.54) is 0 Å². The van der Waals surface area contributed by atoms with E-state index >= 15 is 0 Å². The first-order chi connectivity index (χ1) is 8.13. The molecule has 0 spiro atoms. The molecule has 0 aliphatic heterocycles. The van der Waals surface area contributed by atoms with Gasteiger partial charge in [0.2, 0.25) is 5.88 Å². The van der Waals surface area contributed by atoms with Crippen LogP contribution in [0.2, 0.25) is 0 Å². The molecule has 4 nitrogen and oxygen atoms in total. The molecule has 0 bridgehead atoms. The maximum Gasteiger partial charge on any atom is 0.214 e. The van der Waals surface area contributed by atoms with E-state index in [1.54, 1.807) is 7.11 Å². The van der Waals surface area contributed by atoms with Crippen molar-refractivity contribution in [1.82, 2.24) is 4.98 Å². The zero-order chi connectivity index (χ0) is 12.3. The van der Waals surface area contributed by atoms with Gasteiger partial charge in [0, 0.05) is 19.7 Å². The Labute approximate surface area is 102 Å². The molecule has 0 saturated heterocycles. The molecule has 1 aliphatic rings. The molecule has 1 aromatic rings. The van der Waals surface area contributed by atoms with Crippen molar-refractivity contribution >= 4 is 5.82 Å². The molecule has 1 N–H and O–H groups in total. The molecule has 2 rings (SSSR count). The van der Waals surface area contributed by atoms with E-state index in [-0.39, 0.29) is 0 Å². The number of nitrogens with zero attached hydrogens (tertiary/aromatic N) is 2. The molecule has 0 aromatic carbocycles. The van der Waals surface area contributed by atoms with Gasteiger partial charge in [-0.2, -0.15) is 4.98 Å². The molecule has 1 saturated carbocycles. The summed E-state index contributed by atoms with van der Waals surface area (Å²) in [7, 11) is 3.56. The van der Waals surface area contributed by atoms with Crippen LogP contribution in [-0.2, 0) is 0 Å². The predicted molar refractivity (Wildman–Crippen MR) is 67.5 cm³/mol. The minimum Gasteiger partial charge on any atom is -0.481 e. The van der Waals surface area contributed by atoms with Crippen LogP contribution in [0.1, 0.15) is 25.7 Å². The number of likely N-dealkylation sites (N-methyl/N-ethyl adjacent to an activating group) is 1. The molecule has 94 valence electrons. The van der Waals surface area contributed by atoms with Crippen LogP contribution >= 0.6 is 0 Å². The van der Waals surface area contributed by atoms with Crippen molar-refractivity contribution in [3.8, 4) is 5.88 Å². The van der Waals surface area contributed by atoms with Gasteiger partial charge in [-0.25, -0.2) is 0 Å². The van der Waals surface area contributed by atoms with Gasteiger partial charge in [0.1, 0.15) is 5.82 Å². The van der Waals surface area contributed by atoms with Crippen molar-refractivity contribution in [2.24, 2.45) is 0 Å². The van der Waals surface area contributed by atoms with Gasteiger partial charge in [-0.1, -0.05) is 18.9 Å². The van der Waals surface area contributed by atoms with Crippen molar-refractivity contribution in [2.75, 3.05) is 25.6 Å². The molecule has 0 radical (unpaired) electrons. The summed E-state index contributed by atoms with van der Waals surface area (Å²) in [5.74, 6) is 1.44. The first-order valence-electron chi connectivity index (χ1n) is 6.07. The van der Waals surface area contributed by atoms with Gasteiger partial charge < -0.3 is 14.7 Å². The Balaban J connectivity index is 2.05. The molecule has 0 unspecified atom stereocenters. The van der Waals surface area contributed by atoms with E-state index in [9.17, 15) is 5.11 Å². The number of anilines is 1. The standard InChI is InChI=1S/C13H20N2O2/c1-15(10-13(16)8-3-4-9-13)11-6-5-7-12(14-11)17-2/h5-7,16H,3-4,8-10H2,1-2H3. The minimum atomic E-state index is -0.542. The highest BCUT2D eigenvalue weighted by Gasteiger charge is 2.32. The summed E-state index contributed by atoms with van der Waals surface area (Å²) in [6.07, 6.45) is 4.02. The fourth-order valence-corrected chi connectivity index (χ4v) is 2.44. The Bertz CT molecular complexity index is 375. The number of rotatable bonds is 4. The van der Waals surface area contributed by atoms with E-state index in [0.29, 0.717) is 12.4 Å². The Morgan fingerprint density at radius 1 is 1.41 bits per heavy atom.